The van der Waals surface area contributed by atoms with Gasteiger partial charge in [-0.25, -0.2) is 4.39 Å². The number of aromatic nitrogens is 4. The Labute approximate surface area is 149 Å². The number of benzene rings is 2. The zero-order chi connectivity index (χ0) is 16.8. The zero-order valence-corrected chi connectivity index (χ0v) is 14.8. The van der Waals surface area contributed by atoms with Crippen LogP contribution in [0.4, 0.5) is 15.9 Å². The molecular formula is C16H10BrClFN5. The lowest BCUT2D eigenvalue weighted by Crippen LogP contribution is -2.13. The third-order valence-electron chi connectivity index (χ3n) is 3.75. The van der Waals surface area contributed by atoms with Gasteiger partial charge in [-0.1, -0.05) is 27.5 Å². The second kappa shape index (κ2) is 5.68. The van der Waals surface area contributed by atoms with E-state index in [0.29, 0.717) is 26.8 Å². The molecule has 2 aromatic heterocycles. The van der Waals surface area contributed by atoms with Gasteiger partial charge in [-0.3, -0.25) is 4.40 Å². The van der Waals surface area contributed by atoms with Crippen LogP contribution in [0.25, 0.3) is 16.7 Å². The predicted octanol–water partition coefficient (Wildman–Crippen LogP) is 4.60. The number of fused-ring (bicyclic) bond motifs is 3. The van der Waals surface area contributed by atoms with Crippen LogP contribution in [0.3, 0.4) is 0 Å². The van der Waals surface area contributed by atoms with E-state index in [1.165, 1.54) is 12.1 Å². The van der Waals surface area contributed by atoms with Gasteiger partial charge in [-0.05, 0) is 36.4 Å². The fraction of sp³-hybridized carbons (Fsp3) is 0.0625. The molecule has 0 saturated heterocycles. The van der Waals surface area contributed by atoms with Crippen LogP contribution in [-0.4, -0.2) is 26.6 Å². The van der Waals surface area contributed by atoms with Gasteiger partial charge in [0.2, 0.25) is 0 Å². The summed E-state index contributed by atoms with van der Waals surface area (Å²) in [6.07, 6.45) is 1.59. The molecule has 2 aromatic carbocycles. The van der Waals surface area contributed by atoms with E-state index >= 15 is 0 Å². The fourth-order valence-electron chi connectivity index (χ4n) is 2.63. The first-order valence-electron chi connectivity index (χ1n) is 7.02. The fourth-order valence-corrected chi connectivity index (χ4v) is 3.25. The van der Waals surface area contributed by atoms with E-state index in [1.807, 2.05) is 25.2 Å². The summed E-state index contributed by atoms with van der Waals surface area (Å²) in [4.78, 5) is 6.37. The molecule has 8 heteroatoms. The minimum absolute atomic E-state index is 0.331. The molecule has 0 atom stereocenters. The minimum Gasteiger partial charge on any atom is -0.329 e. The van der Waals surface area contributed by atoms with Crippen molar-refractivity contribution in [1.29, 1.82) is 0 Å². The number of hydrogen-bond acceptors (Lipinski definition) is 4. The smallest absolute Gasteiger partial charge is 0.257 e. The van der Waals surface area contributed by atoms with Crippen molar-refractivity contribution in [3.8, 4) is 0 Å². The molecule has 0 saturated carbocycles. The summed E-state index contributed by atoms with van der Waals surface area (Å²) in [5, 5.41) is 9.38. The van der Waals surface area contributed by atoms with Crippen molar-refractivity contribution in [2.45, 2.75) is 0 Å². The monoisotopic (exact) mass is 405 g/mol. The zero-order valence-electron chi connectivity index (χ0n) is 12.4. The van der Waals surface area contributed by atoms with Crippen molar-refractivity contribution in [2.75, 3.05) is 11.9 Å². The van der Waals surface area contributed by atoms with Crippen LogP contribution in [-0.2, 0) is 0 Å². The number of hydrogen-bond donors (Lipinski definition) is 0. The van der Waals surface area contributed by atoms with Gasteiger partial charge in [0.1, 0.15) is 18.0 Å². The molecule has 0 aliphatic rings. The molecule has 0 radical (unpaired) electrons. The van der Waals surface area contributed by atoms with E-state index in [1.54, 1.807) is 21.7 Å². The molecule has 0 amide bonds. The Kier molecular flexibility index (Phi) is 3.62. The molecule has 0 aliphatic carbocycles. The molecule has 0 unspecified atom stereocenters. The highest BCUT2D eigenvalue weighted by atomic mass is 79.9. The lowest BCUT2D eigenvalue weighted by atomic mass is 10.2. The molecule has 24 heavy (non-hydrogen) atoms. The van der Waals surface area contributed by atoms with Gasteiger partial charge in [0.25, 0.3) is 5.78 Å². The third-order valence-corrected chi connectivity index (χ3v) is 4.44. The number of anilines is 2. The Bertz CT molecular complexity index is 1060. The molecule has 0 bridgehead atoms. The molecular weight excluding hydrogens is 397 g/mol. The van der Waals surface area contributed by atoms with Crippen LogP contribution in [0.5, 0.6) is 0 Å². The molecule has 0 N–H and O–H groups in total. The molecule has 0 fully saturated rings. The standard InChI is InChI=1S/C16H10BrClFN5/c1-23(12-5-9(17)4-11(19)7-12)15-13-3-2-10(18)6-14(13)24-8-20-22-16(24)21-15/h2-8H,1H3. The van der Waals surface area contributed by atoms with Crippen molar-refractivity contribution in [2.24, 2.45) is 0 Å². The van der Waals surface area contributed by atoms with Crippen LogP contribution in [0, 0.1) is 5.82 Å². The second-order valence-electron chi connectivity index (χ2n) is 5.28. The van der Waals surface area contributed by atoms with Crippen LogP contribution in [0.1, 0.15) is 0 Å². The summed E-state index contributed by atoms with van der Waals surface area (Å²) in [5.41, 5.74) is 1.49. The summed E-state index contributed by atoms with van der Waals surface area (Å²) >= 11 is 9.45. The Morgan fingerprint density at radius 3 is 2.83 bits per heavy atom. The third kappa shape index (κ3) is 2.50. The van der Waals surface area contributed by atoms with E-state index < -0.39 is 0 Å². The average molecular weight is 407 g/mol. The van der Waals surface area contributed by atoms with Crippen LogP contribution < -0.4 is 4.90 Å². The van der Waals surface area contributed by atoms with Gasteiger partial charge in [-0.15, -0.1) is 10.2 Å². The Hall–Kier alpha value is -2.25. The van der Waals surface area contributed by atoms with Crippen LogP contribution in [0.15, 0.2) is 47.2 Å². The van der Waals surface area contributed by atoms with Crippen molar-refractivity contribution in [3.05, 3.63) is 58.0 Å². The van der Waals surface area contributed by atoms with E-state index in [-0.39, 0.29) is 5.82 Å². The van der Waals surface area contributed by atoms with E-state index in [9.17, 15) is 4.39 Å². The van der Waals surface area contributed by atoms with Gasteiger partial charge < -0.3 is 4.90 Å². The summed E-state index contributed by atoms with van der Waals surface area (Å²) in [6, 6.07) is 10.2. The molecule has 120 valence electrons. The Morgan fingerprint density at radius 2 is 2.04 bits per heavy atom. The highest BCUT2D eigenvalue weighted by Crippen LogP contribution is 2.32. The first-order valence-corrected chi connectivity index (χ1v) is 8.19. The van der Waals surface area contributed by atoms with Gasteiger partial charge >= 0.3 is 0 Å². The molecule has 5 nitrogen and oxygen atoms in total. The Morgan fingerprint density at radius 1 is 1.21 bits per heavy atom. The quantitative estimate of drug-likeness (QED) is 0.488. The topological polar surface area (TPSA) is 46.3 Å². The van der Waals surface area contributed by atoms with Crippen LogP contribution >= 0.6 is 27.5 Å². The lowest BCUT2D eigenvalue weighted by molar-refractivity contribution is 0.627. The van der Waals surface area contributed by atoms with Gasteiger partial charge in [0, 0.05) is 27.6 Å². The normalized spacial score (nSPS) is 11.3. The second-order valence-corrected chi connectivity index (χ2v) is 6.64. The minimum atomic E-state index is -0.331. The van der Waals surface area contributed by atoms with Gasteiger partial charge in [0.15, 0.2) is 0 Å². The van der Waals surface area contributed by atoms with Crippen molar-refractivity contribution in [1.82, 2.24) is 19.6 Å². The molecule has 0 aliphatic heterocycles. The maximum absolute atomic E-state index is 13.8. The van der Waals surface area contributed by atoms with Gasteiger partial charge in [0.05, 0.1) is 5.52 Å². The first-order chi connectivity index (χ1) is 11.5. The summed E-state index contributed by atoms with van der Waals surface area (Å²) in [7, 11) is 1.82. The summed E-state index contributed by atoms with van der Waals surface area (Å²) in [5.74, 6) is 0.754. The first kappa shape index (κ1) is 15.3. The number of rotatable bonds is 2. The van der Waals surface area contributed by atoms with E-state index in [4.69, 9.17) is 11.6 Å². The molecule has 2 heterocycles. The van der Waals surface area contributed by atoms with Crippen molar-refractivity contribution in [3.63, 3.8) is 0 Å². The Balaban J connectivity index is 2.00. The average Bonchev–Trinajstić information content (AvgIpc) is 3.01. The van der Waals surface area contributed by atoms with Crippen molar-refractivity contribution < 1.29 is 4.39 Å². The maximum Gasteiger partial charge on any atom is 0.257 e. The predicted molar refractivity (Wildman–Crippen MR) is 95.5 cm³/mol. The van der Waals surface area contributed by atoms with Gasteiger partial charge in [-0.2, -0.15) is 4.98 Å². The van der Waals surface area contributed by atoms with E-state index in [0.717, 1.165) is 10.9 Å². The summed E-state index contributed by atoms with van der Waals surface area (Å²) in [6.45, 7) is 0. The highest BCUT2D eigenvalue weighted by Gasteiger charge is 2.15. The molecule has 0 spiro atoms. The molecule has 4 aromatic rings. The molecule has 4 rings (SSSR count). The maximum atomic E-state index is 13.8. The van der Waals surface area contributed by atoms with Crippen LogP contribution in [0.2, 0.25) is 5.02 Å². The lowest BCUT2D eigenvalue weighted by Gasteiger charge is -2.21. The summed E-state index contributed by atoms with van der Waals surface area (Å²) < 4.78 is 16.2. The van der Waals surface area contributed by atoms with E-state index in [2.05, 4.69) is 31.1 Å². The van der Waals surface area contributed by atoms with Crippen molar-refractivity contribution >= 4 is 55.7 Å². The largest absolute Gasteiger partial charge is 0.329 e. The number of halogens is 3. The SMILES string of the molecule is CN(c1cc(F)cc(Br)c1)c1nc2nncn2c2cc(Cl)ccc12. The number of nitrogens with zero attached hydrogens (tertiary/aromatic N) is 5. The highest BCUT2D eigenvalue weighted by molar-refractivity contribution is 9.10.